The molecule has 1 aliphatic rings. The summed E-state index contributed by atoms with van der Waals surface area (Å²) in [5.41, 5.74) is -0.0816. The molecule has 31 heavy (non-hydrogen) atoms. The van der Waals surface area contributed by atoms with Gasteiger partial charge in [-0.2, -0.15) is 4.68 Å². The standard InChI is InChI=1S/C22H19F3N4O2/c23-15-1-4-17(5-2-15)29-21(30)8-7-20(27-29)28-11-9-14(10-12-28)22(31)26-19-13-16(24)3-6-18(19)25/h1-8,13-14H,9-12H2,(H,26,31). The van der Waals surface area contributed by atoms with Crippen LogP contribution in [-0.2, 0) is 4.79 Å². The minimum absolute atomic E-state index is 0.180. The van der Waals surface area contributed by atoms with E-state index in [0.29, 0.717) is 37.4 Å². The second kappa shape index (κ2) is 8.63. The minimum Gasteiger partial charge on any atom is -0.355 e. The number of nitrogens with zero attached hydrogens (tertiary/aromatic N) is 3. The lowest BCUT2D eigenvalue weighted by Crippen LogP contribution is -2.39. The van der Waals surface area contributed by atoms with Crippen LogP contribution < -0.4 is 15.8 Å². The van der Waals surface area contributed by atoms with Gasteiger partial charge in [-0.1, -0.05) is 0 Å². The number of rotatable bonds is 4. The molecule has 1 fully saturated rings. The molecule has 0 unspecified atom stereocenters. The number of piperidine rings is 1. The molecule has 1 aromatic heterocycles. The number of anilines is 2. The zero-order chi connectivity index (χ0) is 22.0. The molecule has 160 valence electrons. The van der Waals surface area contributed by atoms with Crippen LogP contribution in [0.1, 0.15) is 12.8 Å². The van der Waals surface area contributed by atoms with Crippen molar-refractivity contribution < 1.29 is 18.0 Å². The average molecular weight is 428 g/mol. The predicted molar refractivity (Wildman–Crippen MR) is 110 cm³/mol. The molecular weight excluding hydrogens is 409 g/mol. The Hall–Kier alpha value is -3.62. The van der Waals surface area contributed by atoms with Crippen molar-refractivity contribution in [2.75, 3.05) is 23.3 Å². The van der Waals surface area contributed by atoms with Crippen LogP contribution in [0.5, 0.6) is 0 Å². The molecule has 1 amide bonds. The average Bonchev–Trinajstić information content (AvgIpc) is 2.77. The zero-order valence-electron chi connectivity index (χ0n) is 16.4. The van der Waals surface area contributed by atoms with E-state index in [9.17, 15) is 22.8 Å². The Labute approximate surface area is 175 Å². The maximum Gasteiger partial charge on any atom is 0.271 e. The molecule has 0 radical (unpaired) electrons. The van der Waals surface area contributed by atoms with Gasteiger partial charge >= 0.3 is 0 Å². The van der Waals surface area contributed by atoms with E-state index in [1.165, 1.54) is 35.0 Å². The molecule has 0 spiro atoms. The fourth-order valence-corrected chi connectivity index (χ4v) is 3.54. The van der Waals surface area contributed by atoms with Gasteiger partial charge < -0.3 is 10.2 Å². The Bertz CT molecular complexity index is 1160. The predicted octanol–water partition coefficient (Wildman–Crippen LogP) is 3.50. The van der Waals surface area contributed by atoms with Gasteiger partial charge in [0.05, 0.1) is 11.4 Å². The molecule has 0 atom stereocenters. The molecule has 1 N–H and O–H groups in total. The molecular formula is C22H19F3N4O2. The van der Waals surface area contributed by atoms with E-state index in [1.54, 1.807) is 6.07 Å². The first-order valence-corrected chi connectivity index (χ1v) is 9.78. The number of hydrogen-bond donors (Lipinski definition) is 1. The van der Waals surface area contributed by atoms with Crippen LogP contribution in [0.2, 0.25) is 0 Å². The summed E-state index contributed by atoms with van der Waals surface area (Å²) in [5, 5.41) is 6.82. The number of carbonyl (C=O) groups excluding carboxylic acids is 1. The lowest BCUT2D eigenvalue weighted by atomic mass is 9.96. The molecule has 2 aromatic carbocycles. The summed E-state index contributed by atoms with van der Waals surface area (Å²) >= 11 is 0. The van der Waals surface area contributed by atoms with E-state index in [4.69, 9.17) is 0 Å². The summed E-state index contributed by atoms with van der Waals surface area (Å²) in [7, 11) is 0. The fraction of sp³-hybridized carbons (Fsp3) is 0.227. The number of carbonyl (C=O) groups is 1. The van der Waals surface area contributed by atoms with Crippen LogP contribution in [-0.4, -0.2) is 28.8 Å². The van der Waals surface area contributed by atoms with Crippen molar-refractivity contribution >= 4 is 17.4 Å². The second-order valence-corrected chi connectivity index (χ2v) is 7.29. The highest BCUT2D eigenvalue weighted by Gasteiger charge is 2.26. The topological polar surface area (TPSA) is 67.2 Å². The highest BCUT2D eigenvalue weighted by atomic mass is 19.1. The quantitative estimate of drug-likeness (QED) is 0.691. The summed E-state index contributed by atoms with van der Waals surface area (Å²) in [4.78, 5) is 26.6. The first-order valence-electron chi connectivity index (χ1n) is 9.78. The molecule has 3 aromatic rings. The van der Waals surface area contributed by atoms with Gasteiger partial charge in [0.2, 0.25) is 5.91 Å². The molecule has 4 rings (SSSR count). The van der Waals surface area contributed by atoms with Crippen LogP contribution in [0.15, 0.2) is 59.4 Å². The Morgan fingerprint density at radius 1 is 0.935 bits per heavy atom. The molecule has 6 nitrogen and oxygen atoms in total. The molecule has 0 aliphatic carbocycles. The third-order valence-corrected chi connectivity index (χ3v) is 5.23. The maximum absolute atomic E-state index is 13.8. The van der Waals surface area contributed by atoms with E-state index in [-0.39, 0.29) is 23.1 Å². The van der Waals surface area contributed by atoms with Crippen molar-refractivity contribution in [2.24, 2.45) is 5.92 Å². The van der Waals surface area contributed by atoms with Gasteiger partial charge in [-0.25, -0.2) is 13.2 Å². The van der Waals surface area contributed by atoms with Crippen molar-refractivity contribution in [3.05, 3.63) is 82.4 Å². The molecule has 2 heterocycles. The molecule has 0 bridgehead atoms. The number of aromatic nitrogens is 2. The van der Waals surface area contributed by atoms with Crippen LogP contribution >= 0.6 is 0 Å². The number of benzene rings is 2. The Balaban J connectivity index is 1.43. The van der Waals surface area contributed by atoms with Crippen molar-refractivity contribution in [1.82, 2.24) is 9.78 Å². The first kappa shape index (κ1) is 20.6. The fourth-order valence-electron chi connectivity index (χ4n) is 3.54. The number of amides is 1. The molecule has 9 heteroatoms. The maximum atomic E-state index is 13.8. The van der Waals surface area contributed by atoms with E-state index in [2.05, 4.69) is 10.4 Å². The Kier molecular flexibility index (Phi) is 5.75. The summed E-state index contributed by atoms with van der Waals surface area (Å²) in [6.07, 6.45) is 0.972. The third kappa shape index (κ3) is 4.60. The van der Waals surface area contributed by atoms with Crippen molar-refractivity contribution in [3.8, 4) is 5.69 Å². The van der Waals surface area contributed by atoms with E-state index in [0.717, 1.165) is 18.2 Å². The van der Waals surface area contributed by atoms with E-state index in [1.807, 2.05) is 4.90 Å². The van der Waals surface area contributed by atoms with E-state index >= 15 is 0 Å². The normalized spacial score (nSPS) is 14.5. The van der Waals surface area contributed by atoms with Gasteiger partial charge in [0.25, 0.3) is 5.56 Å². The summed E-state index contributed by atoms with van der Waals surface area (Å²) in [6.45, 7) is 0.997. The lowest BCUT2D eigenvalue weighted by Gasteiger charge is -2.32. The van der Waals surface area contributed by atoms with Crippen molar-refractivity contribution in [2.45, 2.75) is 12.8 Å². The number of halogens is 3. The first-order chi connectivity index (χ1) is 14.9. The van der Waals surface area contributed by atoms with Gasteiger partial charge in [0.15, 0.2) is 0 Å². The Morgan fingerprint density at radius 2 is 1.61 bits per heavy atom. The summed E-state index contributed by atoms with van der Waals surface area (Å²) < 4.78 is 41.4. The lowest BCUT2D eigenvalue weighted by molar-refractivity contribution is -0.120. The highest BCUT2D eigenvalue weighted by Crippen LogP contribution is 2.24. The summed E-state index contributed by atoms with van der Waals surface area (Å²) in [6, 6.07) is 11.3. The molecule has 0 saturated carbocycles. The van der Waals surface area contributed by atoms with Crippen LogP contribution in [0.3, 0.4) is 0 Å². The van der Waals surface area contributed by atoms with Gasteiger partial charge in [-0.3, -0.25) is 9.59 Å². The second-order valence-electron chi connectivity index (χ2n) is 7.29. The SMILES string of the molecule is O=C(Nc1cc(F)ccc1F)C1CCN(c2ccc(=O)n(-c3ccc(F)cc3)n2)CC1. The number of nitrogens with one attached hydrogen (secondary N) is 1. The third-order valence-electron chi connectivity index (χ3n) is 5.23. The number of hydrogen-bond acceptors (Lipinski definition) is 4. The van der Waals surface area contributed by atoms with Crippen LogP contribution in [0.25, 0.3) is 5.69 Å². The monoisotopic (exact) mass is 428 g/mol. The molecule has 1 saturated heterocycles. The van der Waals surface area contributed by atoms with Gasteiger partial charge in [0.1, 0.15) is 23.3 Å². The minimum atomic E-state index is -0.695. The zero-order valence-corrected chi connectivity index (χ0v) is 16.4. The van der Waals surface area contributed by atoms with Crippen LogP contribution in [0.4, 0.5) is 24.7 Å². The van der Waals surface area contributed by atoms with E-state index < -0.39 is 17.5 Å². The van der Waals surface area contributed by atoms with Crippen molar-refractivity contribution in [1.29, 1.82) is 0 Å². The largest absolute Gasteiger partial charge is 0.355 e. The highest BCUT2D eigenvalue weighted by molar-refractivity contribution is 5.92. The van der Waals surface area contributed by atoms with Gasteiger partial charge in [-0.15, -0.1) is 5.10 Å². The van der Waals surface area contributed by atoms with Crippen LogP contribution in [0, 0.1) is 23.4 Å². The Morgan fingerprint density at radius 3 is 2.32 bits per heavy atom. The van der Waals surface area contributed by atoms with Gasteiger partial charge in [-0.05, 0) is 55.3 Å². The van der Waals surface area contributed by atoms with Gasteiger partial charge in [0, 0.05) is 31.1 Å². The summed E-state index contributed by atoms with van der Waals surface area (Å²) in [5.74, 6) is -1.91. The molecule has 1 aliphatic heterocycles. The smallest absolute Gasteiger partial charge is 0.271 e. The van der Waals surface area contributed by atoms with Crippen molar-refractivity contribution in [3.63, 3.8) is 0 Å².